The van der Waals surface area contributed by atoms with E-state index in [1.807, 2.05) is 20.8 Å². The van der Waals surface area contributed by atoms with Crippen molar-refractivity contribution in [3.8, 4) is 11.1 Å². The molecule has 0 aromatic carbocycles. The highest BCUT2D eigenvalue weighted by Crippen LogP contribution is 2.31. The van der Waals surface area contributed by atoms with Gasteiger partial charge in [0.1, 0.15) is 22.8 Å². The van der Waals surface area contributed by atoms with Gasteiger partial charge in [0, 0.05) is 36.6 Å². The number of likely N-dealkylation sites (tertiary alicyclic amines) is 1. The summed E-state index contributed by atoms with van der Waals surface area (Å²) < 4.78 is 45.4. The van der Waals surface area contributed by atoms with Gasteiger partial charge in [0.25, 0.3) is 5.91 Å². The van der Waals surface area contributed by atoms with E-state index in [1.165, 1.54) is 18.5 Å². The van der Waals surface area contributed by atoms with Crippen molar-refractivity contribution in [3.63, 3.8) is 0 Å². The Morgan fingerprint density at radius 3 is 2.28 bits per heavy atom. The number of rotatable bonds is 4. The first-order valence-corrected chi connectivity index (χ1v) is 12.6. The molecule has 0 saturated carbocycles. The first-order chi connectivity index (χ1) is 18.2. The van der Waals surface area contributed by atoms with Gasteiger partial charge in [-0.2, -0.15) is 18.3 Å². The molecule has 1 saturated heterocycles. The van der Waals surface area contributed by atoms with Crippen molar-refractivity contribution in [1.29, 1.82) is 0 Å². The molecule has 208 valence electrons. The van der Waals surface area contributed by atoms with Gasteiger partial charge in [-0.05, 0) is 58.2 Å². The van der Waals surface area contributed by atoms with E-state index in [0.717, 1.165) is 12.3 Å². The van der Waals surface area contributed by atoms with Crippen molar-refractivity contribution < 1.29 is 27.5 Å². The summed E-state index contributed by atoms with van der Waals surface area (Å²) in [5.41, 5.74) is 0.192. The van der Waals surface area contributed by atoms with Crippen molar-refractivity contribution in [1.82, 2.24) is 24.6 Å². The zero-order chi connectivity index (χ0) is 28.5. The lowest BCUT2D eigenvalue weighted by Gasteiger charge is -2.33. The Balaban J connectivity index is 1.45. The standard InChI is InChI=1S/C26H28ClF3N6O3/c1-15-11-17(16-5-6-20(31-12-16)26(28,29)30)13-32-22(15)34-23(37)21-19(27)14-33-36(21)18-7-9-35(10-8-18)24(38)39-25(2,3)4/h5-6,11-14,18H,7-10H2,1-4H3,(H,32,34,37). The third kappa shape index (κ3) is 6.67. The predicted molar refractivity (Wildman–Crippen MR) is 138 cm³/mol. The summed E-state index contributed by atoms with van der Waals surface area (Å²) in [5, 5.41) is 7.24. The van der Waals surface area contributed by atoms with Gasteiger partial charge in [0.2, 0.25) is 0 Å². The van der Waals surface area contributed by atoms with Crippen molar-refractivity contribution in [2.45, 2.75) is 58.4 Å². The fourth-order valence-electron chi connectivity index (χ4n) is 4.21. The molecule has 4 heterocycles. The number of nitrogens with zero attached hydrogens (tertiary/aromatic N) is 5. The lowest BCUT2D eigenvalue weighted by molar-refractivity contribution is -0.141. The number of ether oxygens (including phenoxy) is 1. The van der Waals surface area contributed by atoms with E-state index in [9.17, 15) is 22.8 Å². The molecule has 1 fully saturated rings. The van der Waals surface area contributed by atoms with Gasteiger partial charge in [0.15, 0.2) is 0 Å². The molecule has 4 rings (SSSR count). The van der Waals surface area contributed by atoms with Gasteiger partial charge in [-0.25, -0.2) is 9.78 Å². The van der Waals surface area contributed by atoms with Crippen molar-refractivity contribution in [2.24, 2.45) is 0 Å². The van der Waals surface area contributed by atoms with E-state index < -0.39 is 23.4 Å². The molecular formula is C26H28ClF3N6O3. The van der Waals surface area contributed by atoms with Crippen LogP contribution in [0.1, 0.15) is 61.4 Å². The Morgan fingerprint density at radius 2 is 1.72 bits per heavy atom. The molecule has 1 N–H and O–H groups in total. The second-order valence-corrected chi connectivity index (χ2v) is 10.7. The topological polar surface area (TPSA) is 102 Å². The van der Waals surface area contributed by atoms with Crippen LogP contribution in [0.4, 0.5) is 23.8 Å². The summed E-state index contributed by atoms with van der Waals surface area (Å²) in [6.45, 7) is 8.03. The normalized spacial score (nSPS) is 14.8. The van der Waals surface area contributed by atoms with Crippen molar-refractivity contribution in [2.75, 3.05) is 18.4 Å². The third-order valence-corrected chi connectivity index (χ3v) is 6.40. The maximum absolute atomic E-state index is 13.2. The fourth-order valence-corrected chi connectivity index (χ4v) is 4.43. The fraction of sp³-hybridized carbons (Fsp3) is 0.423. The van der Waals surface area contributed by atoms with E-state index in [1.54, 1.807) is 22.6 Å². The Labute approximate surface area is 228 Å². The molecule has 1 aliphatic rings. The van der Waals surface area contributed by atoms with Crippen LogP contribution in [-0.2, 0) is 10.9 Å². The SMILES string of the molecule is Cc1cc(-c2ccc(C(F)(F)F)nc2)cnc1NC(=O)c1c(Cl)cnn1C1CCN(C(=O)OC(C)(C)C)CC1. The number of anilines is 1. The van der Waals surface area contributed by atoms with Gasteiger partial charge in [0.05, 0.1) is 17.3 Å². The minimum absolute atomic E-state index is 0.152. The molecule has 1 aliphatic heterocycles. The number of pyridine rings is 2. The van der Waals surface area contributed by atoms with E-state index in [-0.39, 0.29) is 28.7 Å². The van der Waals surface area contributed by atoms with Crippen LogP contribution < -0.4 is 5.32 Å². The third-order valence-electron chi connectivity index (χ3n) is 6.13. The number of amides is 2. The van der Waals surface area contributed by atoms with Crippen LogP contribution in [0.2, 0.25) is 5.02 Å². The maximum atomic E-state index is 13.2. The number of halogens is 4. The van der Waals surface area contributed by atoms with Crippen LogP contribution in [0.15, 0.2) is 36.8 Å². The van der Waals surface area contributed by atoms with Gasteiger partial charge < -0.3 is 15.0 Å². The number of hydrogen-bond acceptors (Lipinski definition) is 6. The highest BCUT2D eigenvalue weighted by Gasteiger charge is 2.32. The highest BCUT2D eigenvalue weighted by atomic mass is 35.5. The molecule has 0 radical (unpaired) electrons. The Bertz CT molecular complexity index is 1360. The summed E-state index contributed by atoms with van der Waals surface area (Å²) in [7, 11) is 0. The molecule has 3 aromatic heterocycles. The Morgan fingerprint density at radius 1 is 1.05 bits per heavy atom. The minimum atomic E-state index is -4.52. The van der Waals surface area contributed by atoms with E-state index >= 15 is 0 Å². The predicted octanol–water partition coefficient (Wildman–Crippen LogP) is 6.15. The second-order valence-electron chi connectivity index (χ2n) is 10.3. The van der Waals surface area contributed by atoms with Gasteiger partial charge in [-0.3, -0.25) is 14.5 Å². The molecule has 0 bridgehead atoms. The number of carbonyl (C=O) groups is 2. The molecule has 0 spiro atoms. The van der Waals surface area contributed by atoms with Crippen molar-refractivity contribution in [3.05, 3.63) is 58.8 Å². The average Bonchev–Trinajstić information content (AvgIpc) is 3.25. The van der Waals surface area contributed by atoms with E-state index in [0.29, 0.717) is 42.6 Å². The van der Waals surface area contributed by atoms with E-state index in [4.69, 9.17) is 16.3 Å². The van der Waals surface area contributed by atoms with Crippen LogP contribution in [0.25, 0.3) is 11.1 Å². The van der Waals surface area contributed by atoms with Gasteiger partial charge in [-0.15, -0.1) is 0 Å². The first kappa shape index (κ1) is 28.3. The minimum Gasteiger partial charge on any atom is -0.444 e. The largest absolute Gasteiger partial charge is 0.444 e. The van der Waals surface area contributed by atoms with Crippen LogP contribution in [0.3, 0.4) is 0 Å². The lowest BCUT2D eigenvalue weighted by atomic mass is 10.1. The summed E-state index contributed by atoms with van der Waals surface area (Å²) in [5.74, 6) is -0.237. The zero-order valence-electron chi connectivity index (χ0n) is 21.8. The summed E-state index contributed by atoms with van der Waals surface area (Å²) in [6, 6.07) is 3.76. The average molecular weight is 565 g/mol. The summed E-state index contributed by atoms with van der Waals surface area (Å²) in [6.07, 6.45) is 0.188. The number of aryl methyl sites for hydroxylation is 1. The van der Waals surface area contributed by atoms with Crippen LogP contribution in [-0.4, -0.2) is 55.3 Å². The molecule has 13 heteroatoms. The Hall–Kier alpha value is -3.67. The van der Waals surface area contributed by atoms with Crippen LogP contribution in [0, 0.1) is 6.92 Å². The molecule has 0 atom stereocenters. The number of piperidine rings is 1. The highest BCUT2D eigenvalue weighted by molar-refractivity contribution is 6.34. The summed E-state index contributed by atoms with van der Waals surface area (Å²) >= 11 is 6.33. The number of nitrogens with one attached hydrogen (secondary N) is 1. The molecular weight excluding hydrogens is 537 g/mol. The van der Waals surface area contributed by atoms with Crippen LogP contribution >= 0.6 is 11.6 Å². The first-order valence-electron chi connectivity index (χ1n) is 12.3. The number of alkyl halides is 3. The van der Waals surface area contributed by atoms with Crippen molar-refractivity contribution >= 4 is 29.4 Å². The quantitative estimate of drug-likeness (QED) is 0.408. The van der Waals surface area contributed by atoms with Gasteiger partial charge >= 0.3 is 12.3 Å². The molecule has 3 aromatic rings. The molecule has 2 amide bonds. The molecule has 9 nitrogen and oxygen atoms in total. The number of aromatic nitrogens is 4. The molecule has 39 heavy (non-hydrogen) atoms. The Kier molecular flexibility index (Phi) is 7.87. The molecule has 0 unspecified atom stereocenters. The van der Waals surface area contributed by atoms with Gasteiger partial charge in [-0.1, -0.05) is 17.7 Å². The lowest BCUT2D eigenvalue weighted by Crippen LogP contribution is -2.42. The number of hydrogen-bond donors (Lipinski definition) is 1. The van der Waals surface area contributed by atoms with E-state index in [2.05, 4.69) is 20.4 Å². The van der Waals surface area contributed by atoms with Crippen LogP contribution in [0.5, 0.6) is 0 Å². The smallest absolute Gasteiger partial charge is 0.433 e. The number of carbonyl (C=O) groups excluding carboxylic acids is 2. The second kappa shape index (κ2) is 10.8. The monoisotopic (exact) mass is 564 g/mol. The molecule has 0 aliphatic carbocycles. The summed E-state index contributed by atoms with van der Waals surface area (Å²) in [4.78, 5) is 35.0. The zero-order valence-corrected chi connectivity index (χ0v) is 22.6. The maximum Gasteiger partial charge on any atom is 0.433 e.